The van der Waals surface area contributed by atoms with Crippen LogP contribution in [0, 0.1) is 0 Å². The summed E-state index contributed by atoms with van der Waals surface area (Å²) in [5, 5.41) is 3.22. The quantitative estimate of drug-likeness (QED) is 0.906. The molecule has 0 radical (unpaired) electrons. The number of nitrogens with one attached hydrogen (secondary N) is 1. The van der Waals surface area contributed by atoms with Gasteiger partial charge in [0, 0.05) is 25.2 Å². The molecule has 4 heteroatoms. The number of carbonyl (C=O) groups is 1. The maximum absolute atomic E-state index is 12.6. The SMILES string of the molecule is O=C(NC1CCCC1)N1CCN(C2CC2)c2ccccc21. The molecular formula is C17H23N3O. The average molecular weight is 285 g/mol. The molecule has 0 bridgehead atoms. The van der Waals surface area contributed by atoms with Crippen molar-refractivity contribution in [3.05, 3.63) is 24.3 Å². The van der Waals surface area contributed by atoms with Crippen LogP contribution in [0.2, 0.25) is 0 Å². The van der Waals surface area contributed by atoms with Crippen LogP contribution in [0.1, 0.15) is 38.5 Å². The van der Waals surface area contributed by atoms with E-state index in [1.807, 2.05) is 11.0 Å². The summed E-state index contributed by atoms with van der Waals surface area (Å²) in [7, 11) is 0. The van der Waals surface area contributed by atoms with Crippen LogP contribution < -0.4 is 15.1 Å². The molecule has 0 saturated heterocycles. The van der Waals surface area contributed by atoms with Gasteiger partial charge < -0.3 is 10.2 Å². The molecule has 1 heterocycles. The molecule has 2 saturated carbocycles. The minimum Gasteiger partial charge on any atom is -0.365 e. The zero-order valence-electron chi connectivity index (χ0n) is 12.4. The van der Waals surface area contributed by atoms with Crippen molar-refractivity contribution in [3.63, 3.8) is 0 Å². The van der Waals surface area contributed by atoms with Crippen LogP contribution in [0.4, 0.5) is 16.2 Å². The first-order valence-corrected chi connectivity index (χ1v) is 8.26. The smallest absolute Gasteiger partial charge is 0.322 e. The first-order chi connectivity index (χ1) is 10.3. The summed E-state index contributed by atoms with van der Waals surface area (Å²) < 4.78 is 0. The van der Waals surface area contributed by atoms with E-state index in [1.165, 1.54) is 31.4 Å². The van der Waals surface area contributed by atoms with Crippen molar-refractivity contribution >= 4 is 17.4 Å². The van der Waals surface area contributed by atoms with Crippen LogP contribution in [0.25, 0.3) is 0 Å². The maximum Gasteiger partial charge on any atom is 0.322 e. The van der Waals surface area contributed by atoms with Crippen LogP contribution in [-0.4, -0.2) is 31.2 Å². The number of hydrogen-bond donors (Lipinski definition) is 1. The van der Waals surface area contributed by atoms with E-state index in [0.29, 0.717) is 12.1 Å². The number of urea groups is 1. The van der Waals surface area contributed by atoms with E-state index in [4.69, 9.17) is 0 Å². The van der Waals surface area contributed by atoms with Gasteiger partial charge in [0.2, 0.25) is 0 Å². The van der Waals surface area contributed by atoms with Gasteiger partial charge in [0.25, 0.3) is 0 Å². The highest BCUT2D eigenvalue weighted by Gasteiger charge is 2.35. The molecule has 4 nitrogen and oxygen atoms in total. The van der Waals surface area contributed by atoms with Crippen molar-refractivity contribution in [2.45, 2.75) is 50.6 Å². The van der Waals surface area contributed by atoms with E-state index in [2.05, 4.69) is 28.4 Å². The molecule has 0 atom stereocenters. The van der Waals surface area contributed by atoms with Crippen LogP contribution in [0.5, 0.6) is 0 Å². The fourth-order valence-electron chi connectivity index (χ4n) is 3.68. The molecule has 2 fully saturated rings. The molecule has 1 aliphatic heterocycles. The lowest BCUT2D eigenvalue weighted by molar-refractivity contribution is 0.242. The molecule has 1 aromatic rings. The molecule has 1 aromatic carbocycles. The molecule has 21 heavy (non-hydrogen) atoms. The van der Waals surface area contributed by atoms with Crippen molar-refractivity contribution in [2.24, 2.45) is 0 Å². The number of para-hydroxylation sites is 2. The van der Waals surface area contributed by atoms with Gasteiger partial charge in [-0.15, -0.1) is 0 Å². The molecule has 0 aromatic heterocycles. The normalized spacial score (nSPS) is 22.3. The summed E-state index contributed by atoms with van der Waals surface area (Å²) in [5.74, 6) is 0. The second kappa shape index (κ2) is 5.24. The van der Waals surface area contributed by atoms with Crippen molar-refractivity contribution in [1.29, 1.82) is 0 Å². The van der Waals surface area contributed by atoms with Gasteiger partial charge >= 0.3 is 6.03 Å². The number of nitrogens with zero attached hydrogens (tertiary/aromatic N) is 2. The summed E-state index contributed by atoms with van der Waals surface area (Å²) in [6.45, 7) is 1.76. The van der Waals surface area contributed by atoms with Gasteiger partial charge in [0.15, 0.2) is 0 Å². The summed E-state index contributed by atoms with van der Waals surface area (Å²) >= 11 is 0. The van der Waals surface area contributed by atoms with Crippen LogP contribution in [-0.2, 0) is 0 Å². The Bertz CT molecular complexity index is 535. The van der Waals surface area contributed by atoms with E-state index in [1.54, 1.807) is 0 Å². The Balaban J connectivity index is 1.55. The van der Waals surface area contributed by atoms with E-state index in [9.17, 15) is 4.79 Å². The Labute approximate surface area is 126 Å². The topological polar surface area (TPSA) is 35.6 Å². The number of carbonyl (C=O) groups excluding carboxylic acids is 1. The highest BCUT2D eigenvalue weighted by Crippen LogP contribution is 2.39. The van der Waals surface area contributed by atoms with E-state index < -0.39 is 0 Å². The average Bonchev–Trinajstić information content (AvgIpc) is 3.23. The lowest BCUT2D eigenvalue weighted by Crippen LogP contribution is -2.50. The number of benzene rings is 1. The molecule has 0 spiro atoms. The highest BCUT2D eigenvalue weighted by atomic mass is 16.2. The third-order valence-corrected chi connectivity index (χ3v) is 4.96. The molecular weight excluding hydrogens is 262 g/mol. The maximum atomic E-state index is 12.6. The van der Waals surface area contributed by atoms with Crippen LogP contribution >= 0.6 is 0 Å². The van der Waals surface area contributed by atoms with E-state index >= 15 is 0 Å². The Hall–Kier alpha value is -1.71. The molecule has 0 unspecified atom stereocenters. The number of amides is 2. The van der Waals surface area contributed by atoms with Crippen molar-refractivity contribution < 1.29 is 4.79 Å². The fourth-order valence-corrected chi connectivity index (χ4v) is 3.68. The van der Waals surface area contributed by atoms with Crippen LogP contribution in [0.3, 0.4) is 0 Å². The van der Waals surface area contributed by atoms with Gasteiger partial charge in [-0.25, -0.2) is 4.79 Å². The summed E-state index contributed by atoms with van der Waals surface area (Å²) in [6.07, 6.45) is 7.35. The Kier molecular flexibility index (Phi) is 3.24. The summed E-state index contributed by atoms with van der Waals surface area (Å²) in [6, 6.07) is 9.51. The predicted molar refractivity (Wildman–Crippen MR) is 84.9 cm³/mol. The standard InChI is InChI=1S/C17H23N3O/c21-17(18-13-5-1-2-6-13)20-12-11-19(14-9-10-14)15-7-3-4-8-16(15)20/h3-4,7-8,13-14H,1-2,5-6,9-12H2,(H,18,21). The van der Waals surface area contributed by atoms with E-state index in [0.717, 1.165) is 31.6 Å². The molecule has 2 amide bonds. The Morgan fingerprint density at radius 1 is 1.00 bits per heavy atom. The van der Waals surface area contributed by atoms with Gasteiger partial charge in [-0.3, -0.25) is 4.90 Å². The lowest BCUT2D eigenvalue weighted by atomic mass is 10.1. The highest BCUT2D eigenvalue weighted by molar-refractivity contribution is 5.97. The number of hydrogen-bond acceptors (Lipinski definition) is 2. The minimum atomic E-state index is 0.0878. The van der Waals surface area contributed by atoms with Gasteiger partial charge in [-0.2, -0.15) is 0 Å². The summed E-state index contributed by atoms with van der Waals surface area (Å²) in [5.41, 5.74) is 2.30. The number of anilines is 2. The monoisotopic (exact) mass is 285 g/mol. The third-order valence-electron chi connectivity index (χ3n) is 4.96. The van der Waals surface area contributed by atoms with E-state index in [-0.39, 0.29) is 6.03 Å². The third kappa shape index (κ3) is 2.47. The van der Waals surface area contributed by atoms with Gasteiger partial charge in [-0.1, -0.05) is 25.0 Å². The molecule has 4 rings (SSSR count). The van der Waals surface area contributed by atoms with Gasteiger partial charge in [0.1, 0.15) is 0 Å². The Morgan fingerprint density at radius 2 is 1.71 bits per heavy atom. The molecule has 1 N–H and O–H groups in total. The van der Waals surface area contributed by atoms with Crippen molar-refractivity contribution in [3.8, 4) is 0 Å². The number of rotatable bonds is 2. The minimum absolute atomic E-state index is 0.0878. The van der Waals surface area contributed by atoms with Gasteiger partial charge in [0.05, 0.1) is 11.4 Å². The summed E-state index contributed by atoms with van der Waals surface area (Å²) in [4.78, 5) is 17.0. The van der Waals surface area contributed by atoms with Crippen molar-refractivity contribution in [1.82, 2.24) is 5.32 Å². The largest absolute Gasteiger partial charge is 0.365 e. The second-order valence-electron chi connectivity index (χ2n) is 6.50. The first-order valence-electron chi connectivity index (χ1n) is 8.26. The molecule has 112 valence electrons. The first kappa shape index (κ1) is 13.0. The fraction of sp³-hybridized carbons (Fsp3) is 0.588. The molecule has 3 aliphatic rings. The molecule has 2 aliphatic carbocycles. The second-order valence-corrected chi connectivity index (χ2v) is 6.50. The van der Waals surface area contributed by atoms with Gasteiger partial charge in [-0.05, 0) is 37.8 Å². The Morgan fingerprint density at radius 3 is 2.43 bits per heavy atom. The zero-order chi connectivity index (χ0) is 14.2. The predicted octanol–water partition coefficient (Wildman–Crippen LogP) is 3.13. The van der Waals surface area contributed by atoms with Crippen LogP contribution in [0.15, 0.2) is 24.3 Å². The zero-order valence-corrected chi connectivity index (χ0v) is 12.4. The number of fused-ring (bicyclic) bond motifs is 1. The lowest BCUT2D eigenvalue weighted by Gasteiger charge is -2.38. The van der Waals surface area contributed by atoms with Crippen molar-refractivity contribution in [2.75, 3.05) is 22.9 Å².